The van der Waals surface area contributed by atoms with Gasteiger partial charge in [-0.1, -0.05) is 12.1 Å². The van der Waals surface area contributed by atoms with Gasteiger partial charge in [0, 0.05) is 12.1 Å². The molecule has 4 fully saturated rings. The monoisotopic (exact) mass is 309 g/mol. The van der Waals surface area contributed by atoms with Gasteiger partial charge < -0.3 is 5.32 Å². The highest BCUT2D eigenvalue weighted by Gasteiger charge is 2.50. The molecule has 1 aromatic carbocycles. The predicted octanol–water partition coefficient (Wildman–Crippen LogP) is 4.76. The van der Waals surface area contributed by atoms with Crippen molar-refractivity contribution in [1.29, 1.82) is 0 Å². The zero-order valence-electron chi connectivity index (χ0n) is 12.6. The molecule has 5 rings (SSSR count). The fraction of sp³-hybridized carbons (Fsp3) is 0.667. The van der Waals surface area contributed by atoms with E-state index in [2.05, 4.69) is 5.32 Å². The summed E-state index contributed by atoms with van der Waals surface area (Å²) in [5, 5.41) is 3.72. The molecule has 1 N–H and O–H groups in total. The molecule has 0 radical (unpaired) electrons. The molecule has 0 amide bonds. The quantitative estimate of drug-likeness (QED) is 0.848. The molecule has 4 aliphatic rings. The molecule has 0 atom stereocenters. The van der Waals surface area contributed by atoms with Crippen molar-refractivity contribution in [1.82, 2.24) is 5.32 Å². The lowest BCUT2D eigenvalue weighted by atomic mass is 9.53. The van der Waals surface area contributed by atoms with Crippen LogP contribution in [0.5, 0.6) is 0 Å². The predicted molar refractivity (Wildman–Crippen MR) is 79.2 cm³/mol. The lowest BCUT2D eigenvalue weighted by Gasteiger charge is -2.57. The molecule has 0 spiro atoms. The van der Waals surface area contributed by atoms with Gasteiger partial charge in [-0.15, -0.1) is 0 Å². The minimum absolute atomic E-state index is 0.261. The molecule has 0 heterocycles. The van der Waals surface area contributed by atoms with E-state index in [1.807, 2.05) is 0 Å². The van der Waals surface area contributed by atoms with E-state index in [9.17, 15) is 13.2 Å². The normalized spacial score (nSPS) is 36.8. The molecule has 0 unspecified atom stereocenters. The Hall–Kier alpha value is -1.03. The van der Waals surface area contributed by atoms with Crippen molar-refractivity contribution in [3.63, 3.8) is 0 Å². The van der Waals surface area contributed by atoms with Crippen molar-refractivity contribution in [3.8, 4) is 0 Å². The summed E-state index contributed by atoms with van der Waals surface area (Å²) in [6, 6.07) is 5.60. The van der Waals surface area contributed by atoms with Gasteiger partial charge >= 0.3 is 6.18 Å². The van der Waals surface area contributed by atoms with Gasteiger partial charge in [-0.2, -0.15) is 13.2 Å². The van der Waals surface area contributed by atoms with E-state index in [1.165, 1.54) is 50.7 Å². The summed E-state index contributed by atoms with van der Waals surface area (Å²) in [7, 11) is 0. The van der Waals surface area contributed by atoms with Crippen LogP contribution in [0.3, 0.4) is 0 Å². The van der Waals surface area contributed by atoms with Gasteiger partial charge in [-0.25, -0.2) is 0 Å². The standard InChI is InChI=1S/C18H22F3N/c19-18(20,21)16-3-1-12(2-4-16)11-22-17-8-13-5-14(9-17)7-15(6-13)10-17/h1-4,13-15,22H,5-11H2. The second-order valence-electron chi connectivity index (χ2n) is 7.75. The minimum atomic E-state index is -4.24. The van der Waals surface area contributed by atoms with E-state index in [0.29, 0.717) is 6.54 Å². The number of benzene rings is 1. The number of nitrogens with one attached hydrogen (secondary N) is 1. The van der Waals surface area contributed by atoms with Crippen LogP contribution in [0.1, 0.15) is 49.7 Å². The Labute approximate surface area is 129 Å². The SMILES string of the molecule is FC(F)(F)c1ccc(CNC23CC4CC(CC(C4)C2)C3)cc1. The van der Waals surface area contributed by atoms with E-state index in [0.717, 1.165) is 23.3 Å². The second kappa shape index (κ2) is 4.98. The fourth-order valence-corrected chi connectivity index (χ4v) is 5.43. The summed E-state index contributed by atoms with van der Waals surface area (Å²) >= 11 is 0. The molecule has 0 aromatic heterocycles. The molecule has 4 heteroatoms. The highest BCUT2D eigenvalue weighted by atomic mass is 19.4. The molecular formula is C18H22F3N. The van der Waals surface area contributed by atoms with Gasteiger partial charge in [0.1, 0.15) is 0 Å². The van der Waals surface area contributed by atoms with E-state index in [-0.39, 0.29) is 5.54 Å². The van der Waals surface area contributed by atoms with Crippen LogP contribution in [0.25, 0.3) is 0 Å². The van der Waals surface area contributed by atoms with Gasteiger partial charge in [0.05, 0.1) is 5.56 Å². The maximum atomic E-state index is 12.6. The Morgan fingerprint density at radius 1 is 0.909 bits per heavy atom. The Morgan fingerprint density at radius 3 is 1.86 bits per heavy atom. The second-order valence-corrected chi connectivity index (χ2v) is 7.75. The maximum absolute atomic E-state index is 12.6. The van der Waals surface area contributed by atoms with Crippen LogP contribution in [0.15, 0.2) is 24.3 Å². The summed E-state index contributed by atoms with van der Waals surface area (Å²) in [6.07, 6.45) is 3.76. The summed E-state index contributed by atoms with van der Waals surface area (Å²) < 4.78 is 37.8. The van der Waals surface area contributed by atoms with Crippen molar-refractivity contribution in [2.45, 2.75) is 56.8 Å². The zero-order valence-corrected chi connectivity index (χ0v) is 12.6. The Bertz CT molecular complexity index is 511. The first-order valence-electron chi connectivity index (χ1n) is 8.33. The van der Waals surface area contributed by atoms with Gasteiger partial charge in [-0.3, -0.25) is 0 Å². The van der Waals surface area contributed by atoms with Crippen molar-refractivity contribution in [2.75, 3.05) is 0 Å². The Kier molecular flexibility index (Phi) is 3.30. The molecular weight excluding hydrogens is 287 g/mol. The number of halogens is 3. The molecule has 1 aromatic rings. The zero-order chi connectivity index (χ0) is 15.4. The molecule has 0 aliphatic heterocycles. The third-order valence-corrected chi connectivity index (χ3v) is 5.99. The summed E-state index contributed by atoms with van der Waals surface area (Å²) in [5.74, 6) is 2.64. The van der Waals surface area contributed by atoms with Gasteiger partial charge in [0.2, 0.25) is 0 Å². The Balaban J connectivity index is 1.42. The molecule has 1 nitrogen and oxygen atoms in total. The topological polar surface area (TPSA) is 12.0 Å². The molecule has 120 valence electrons. The Morgan fingerprint density at radius 2 is 1.41 bits per heavy atom. The maximum Gasteiger partial charge on any atom is 0.416 e. The summed E-state index contributed by atoms with van der Waals surface area (Å²) in [6.45, 7) is 0.685. The van der Waals surface area contributed by atoms with Crippen molar-refractivity contribution >= 4 is 0 Å². The van der Waals surface area contributed by atoms with E-state index in [4.69, 9.17) is 0 Å². The first-order valence-corrected chi connectivity index (χ1v) is 8.33. The highest BCUT2D eigenvalue weighted by Crippen LogP contribution is 2.55. The largest absolute Gasteiger partial charge is 0.416 e. The lowest BCUT2D eigenvalue weighted by Crippen LogP contribution is -2.58. The highest BCUT2D eigenvalue weighted by molar-refractivity contribution is 5.24. The van der Waals surface area contributed by atoms with Crippen LogP contribution >= 0.6 is 0 Å². The summed E-state index contributed by atoms with van der Waals surface area (Å²) in [4.78, 5) is 0. The number of hydrogen-bond acceptors (Lipinski definition) is 1. The molecule has 0 saturated heterocycles. The first-order chi connectivity index (χ1) is 10.4. The van der Waals surface area contributed by atoms with Crippen LogP contribution in [0.4, 0.5) is 13.2 Å². The van der Waals surface area contributed by atoms with Crippen molar-refractivity contribution in [2.24, 2.45) is 17.8 Å². The minimum Gasteiger partial charge on any atom is -0.307 e. The third kappa shape index (κ3) is 2.66. The van der Waals surface area contributed by atoms with Crippen LogP contribution < -0.4 is 5.32 Å². The van der Waals surface area contributed by atoms with Gasteiger partial charge in [-0.05, 0) is 74.0 Å². The number of hydrogen-bond donors (Lipinski definition) is 1. The van der Waals surface area contributed by atoms with Gasteiger partial charge in [0.15, 0.2) is 0 Å². The molecule has 4 saturated carbocycles. The van der Waals surface area contributed by atoms with E-state index in [1.54, 1.807) is 12.1 Å². The molecule has 4 aliphatic carbocycles. The van der Waals surface area contributed by atoms with E-state index >= 15 is 0 Å². The lowest BCUT2D eigenvalue weighted by molar-refractivity contribution is -0.137. The first kappa shape index (κ1) is 14.6. The van der Waals surface area contributed by atoms with Crippen LogP contribution in [-0.4, -0.2) is 5.54 Å². The number of rotatable bonds is 3. The average Bonchev–Trinajstić information content (AvgIpc) is 2.43. The molecule has 4 bridgehead atoms. The summed E-state index contributed by atoms with van der Waals surface area (Å²) in [5.41, 5.74) is 0.645. The fourth-order valence-electron chi connectivity index (χ4n) is 5.43. The van der Waals surface area contributed by atoms with Crippen molar-refractivity contribution < 1.29 is 13.2 Å². The smallest absolute Gasteiger partial charge is 0.307 e. The van der Waals surface area contributed by atoms with Crippen LogP contribution in [-0.2, 0) is 12.7 Å². The van der Waals surface area contributed by atoms with Crippen LogP contribution in [0, 0.1) is 17.8 Å². The van der Waals surface area contributed by atoms with Gasteiger partial charge in [0.25, 0.3) is 0 Å². The average molecular weight is 309 g/mol. The van der Waals surface area contributed by atoms with E-state index < -0.39 is 11.7 Å². The van der Waals surface area contributed by atoms with Crippen molar-refractivity contribution in [3.05, 3.63) is 35.4 Å². The van der Waals surface area contributed by atoms with Crippen LogP contribution in [0.2, 0.25) is 0 Å². The number of alkyl halides is 3. The molecule has 22 heavy (non-hydrogen) atoms. The third-order valence-electron chi connectivity index (χ3n) is 5.99.